The molecule has 0 bridgehead atoms. The molecule has 2 aromatic heterocycles. The Bertz CT molecular complexity index is 674. The summed E-state index contributed by atoms with van der Waals surface area (Å²) in [5.41, 5.74) is 2.42. The van der Waals surface area contributed by atoms with Crippen molar-refractivity contribution >= 4 is 10.9 Å². The van der Waals surface area contributed by atoms with Crippen LogP contribution in [-0.4, -0.2) is 28.3 Å². The van der Waals surface area contributed by atoms with Crippen LogP contribution >= 0.6 is 0 Å². The fraction of sp³-hybridized carbons (Fsp3) is 0.739. The molecule has 0 amide bonds. The monoisotopic (exact) mass is 368 g/mol. The van der Waals surface area contributed by atoms with Crippen LogP contribution in [0.25, 0.3) is 10.9 Å². The summed E-state index contributed by atoms with van der Waals surface area (Å²) in [6.45, 7) is 2.49. The smallest absolute Gasteiger partial charge is 0.0684 e. The standard InChI is InChI=1S/C23H36N4/c1-3-7-18(19-11-14-24-15-12-19)8-4-2-6-10-20(9-5-1)23-21-17-26-27-22(21)13-16-25-23/h13,16-20,24H,1-12,14-15H2,(H,26,27). The Balaban J connectivity index is 1.37. The zero-order valence-electron chi connectivity index (χ0n) is 16.8. The zero-order chi connectivity index (χ0) is 18.3. The van der Waals surface area contributed by atoms with Crippen molar-refractivity contribution in [2.75, 3.05) is 13.1 Å². The molecule has 3 heterocycles. The summed E-state index contributed by atoms with van der Waals surface area (Å²) < 4.78 is 0. The van der Waals surface area contributed by atoms with Crippen molar-refractivity contribution in [1.82, 2.24) is 20.5 Å². The molecule has 4 rings (SSSR count). The van der Waals surface area contributed by atoms with Crippen molar-refractivity contribution in [2.45, 2.75) is 83.0 Å². The molecule has 1 saturated carbocycles. The third-order valence-corrected chi connectivity index (χ3v) is 7.09. The van der Waals surface area contributed by atoms with E-state index < -0.39 is 0 Å². The van der Waals surface area contributed by atoms with Gasteiger partial charge in [-0.05, 0) is 56.7 Å². The molecule has 0 spiro atoms. The van der Waals surface area contributed by atoms with Crippen LogP contribution in [0.2, 0.25) is 0 Å². The van der Waals surface area contributed by atoms with Gasteiger partial charge < -0.3 is 5.32 Å². The van der Waals surface area contributed by atoms with E-state index >= 15 is 0 Å². The number of rotatable bonds is 2. The second-order valence-electron chi connectivity index (χ2n) is 8.85. The van der Waals surface area contributed by atoms with Crippen molar-refractivity contribution in [2.24, 2.45) is 11.8 Å². The SMILES string of the molecule is c1cc2[nH]ncc2c(C2CCCCCC(C3CCNCC3)CCCCC2)n1. The lowest BCUT2D eigenvalue weighted by Gasteiger charge is -2.31. The summed E-state index contributed by atoms with van der Waals surface area (Å²) >= 11 is 0. The molecular weight excluding hydrogens is 332 g/mol. The largest absolute Gasteiger partial charge is 0.317 e. The highest BCUT2D eigenvalue weighted by atomic mass is 15.1. The maximum absolute atomic E-state index is 4.78. The maximum Gasteiger partial charge on any atom is 0.0684 e. The van der Waals surface area contributed by atoms with Gasteiger partial charge in [-0.3, -0.25) is 10.1 Å². The first-order valence-electron chi connectivity index (χ1n) is 11.4. The summed E-state index contributed by atoms with van der Waals surface area (Å²) in [6.07, 6.45) is 20.6. The predicted molar refractivity (Wildman–Crippen MR) is 112 cm³/mol. The fourth-order valence-corrected chi connectivity index (χ4v) is 5.51. The highest BCUT2D eigenvalue weighted by Crippen LogP contribution is 2.35. The number of pyridine rings is 1. The van der Waals surface area contributed by atoms with E-state index in [1.165, 1.54) is 101 Å². The van der Waals surface area contributed by atoms with Crippen LogP contribution in [0.4, 0.5) is 0 Å². The Morgan fingerprint density at radius 1 is 0.778 bits per heavy atom. The summed E-state index contributed by atoms with van der Waals surface area (Å²) in [5.74, 6) is 2.58. The van der Waals surface area contributed by atoms with Gasteiger partial charge in [0.25, 0.3) is 0 Å². The van der Waals surface area contributed by atoms with Crippen molar-refractivity contribution in [3.8, 4) is 0 Å². The van der Waals surface area contributed by atoms with E-state index in [0.717, 1.165) is 17.4 Å². The minimum Gasteiger partial charge on any atom is -0.317 e. The lowest BCUT2D eigenvalue weighted by molar-refractivity contribution is 0.222. The first-order valence-corrected chi connectivity index (χ1v) is 11.4. The van der Waals surface area contributed by atoms with Crippen LogP contribution in [0.3, 0.4) is 0 Å². The van der Waals surface area contributed by atoms with Crippen molar-refractivity contribution < 1.29 is 0 Å². The van der Waals surface area contributed by atoms with E-state index in [2.05, 4.69) is 15.5 Å². The van der Waals surface area contributed by atoms with E-state index in [9.17, 15) is 0 Å². The number of fused-ring (bicyclic) bond motifs is 1. The molecule has 0 aromatic carbocycles. The summed E-state index contributed by atoms with van der Waals surface area (Å²) in [7, 11) is 0. The fourth-order valence-electron chi connectivity index (χ4n) is 5.51. The molecule has 2 aromatic rings. The van der Waals surface area contributed by atoms with Crippen LogP contribution in [-0.2, 0) is 0 Å². The third-order valence-electron chi connectivity index (χ3n) is 7.09. The Morgan fingerprint density at radius 2 is 1.44 bits per heavy atom. The number of nitrogens with zero attached hydrogens (tertiary/aromatic N) is 2. The van der Waals surface area contributed by atoms with Gasteiger partial charge in [0.1, 0.15) is 0 Å². The molecule has 27 heavy (non-hydrogen) atoms. The molecule has 0 unspecified atom stereocenters. The number of aromatic nitrogens is 3. The van der Waals surface area contributed by atoms with E-state index in [-0.39, 0.29) is 0 Å². The van der Waals surface area contributed by atoms with Gasteiger partial charge in [-0.1, -0.05) is 51.4 Å². The molecule has 4 heteroatoms. The number of hydrogen-bond donors (Lipinski definition) is 2. The van der Waals surface area contributed by atoms with E-state index in [1.807, 2.05) is 18.5 Å². The highest BCUT2D eigenvalue weighted by Gasteiger charge is 2.23. The lowest BCUT2D eigenvalue weighted by atomic mass is 9.78. The third kappa shape index (κ3) is 4.90. The normalized spacial score (nSPS) is 27.1. The van der Waals surface area contributed by atoms with Crippen LogP contribution < -0.4 is 5.32 Å². The number of nitrogens with one attached hydrogen (secondary N) is 2. The van der Waals surface area contributed by atoms with Gasteiger partial charge in [0.2, 0.25) is 0 Å². The average molecular weight is 369 g/mol. The summed E-state index contributed by atoms with van der Waals surface area (Å²) in [6, 6.07) is 2.04. The van der Waals surface area contributed by atoms with E-state index in [4.69, 9.17) is 4.98 Å². The maximum atomic E-state index is 4.78. The van der Waals surface area contributed by atoms with Gasteiger partial charge in [0, 0.05) is 17.5 Å². The molecular formula is C23H36N4. The lowest BCUT2D eigenvalue weighted by Crippen LogP contribution is -2.31. The molecule has 1 aliphatic carbocycles. The second kappa shape index (κ2) is 9.68. The van der Waals surface area contributed by atoms with Gasteiger partial charge in [-0.2, -0.15) is 5.10 Å². The molecule has 0 atom stereocenters. The summed E-state index contributed by atoms with van der Waals surface area (Å²) in [5, 5.41) is 12.1. The Labute approximate surface area is 163 Å². The van der Waals surface area contributed by atoms with Gasteiger partial charge >= 0.3 is 0 Å². The molecule has 148 valence electrons. The van der Waals surface area contributed by atoms with E-state index in [0.29, 0.717) is 5.92 Å². The molecule has 2 aliphatic rings. The Morgan fingerprint density at radius 3 is 2.19 bits per heavy atom. The zero-order valence-corrected chi connectivity index (χ0v) is 16.8. The van der Waals surface area contributed by atoms with Crippen LogP contribution in [0.1, 0.15) is 88.7 Å². The van der Waals surface area contributed by atoms with E-state index in [1.54, 1.807) is 0 Å². The van der Waals surface area contributed by atoms with Crippen molar-refractivity contribution in [3.63, 3.8) is 0 Å². The molecule has 1 aliphatic heterocycles. The van der Waals surface area contributed by atoms with Crippen LogP contribution in [0, 0.1) is 11.8 Å². The Hall–Kier alpha value is -1.42. The first-order chi connectivity index (χ1) is 13.4. The molecule has 0 radical (unpaired) electrons. The van der Waals surface area contributed by atoms with Crippen LogP contribution in [0.15, 0.2) is 18.5 Å². The number of H-pyrrole nitrogens is 1. The van der Waals surface area contributed by atoms with Crippen LogP contribution in [0.5, 0.6) is 0 Å². The summed E-state index contributed by atoms with van der Waals surface area (Å²) in [4.78, 5) is 4.78. The van der Waals surface area contributed by atoms with Gasteiger partial charge in [0.05, 0.1) is 17.4 Å². The van der Waals surface area contributed by atoms with Crippen molar-refractivity contribution in [1.29, 1.82) is 0 Å². The van der Waals surface area contributed by atoms with Gasteiger partial charge in [-0.25, -0.2) is 0 Å². The topological polar surface area (TPSA) is 53.6 Å². The minimum absolute atomic E-state index is 0.603. The number of aromatic amines is 1. The van der Waals surface area contributed by atoms with Gasteiger partial charge in [-0.15, -0.1) is 0 Å². The molecule has 2 N–H and O–H groups in total. The average Bonchev–Trinajstić information content (AvgIpc) is 3.18. The Kier molecular flexibility index (Phi) is 6.78. The number of piperidine rings is 1. The van der Waals surface area contributed by atoms with Gasteiger partial charge in [0.15, 0.2) is 0 Å². The number of hydrogen-bond acceptors (Lipinski definition) is 3. The first kappa shape index (κ1) is 18.9. The predicted octanol–water partition coefficient (Wildman–Crippen LogP) is 5.57. The molecule has 4 nitrogen and oxygen atoms in total. The quantitative estimate of drug-likeness (QED) is 0.728. The van der Waals surface area contributed by atoms with Crippen molar-refractivity contribution in [3.05, 3.63) is 24.2 Å². The second-order valence-corrected chi connectivity index (χ2v) is 8.85. The minimum atomic E-state index is 0.603. The molecule has 1 saturated heterocycles. The highest BCUT2D eigenvalue weighted by molar-refractivity contribution is 5.80. The molecule has 2 fully saturated rings.